The molecule has 0 fully saturated rings. The van der Waals surface area contributed by atoms with Crippen molar-refractivity contribution in [2.75, 3.05) is 13.2 Å². The minimum atomic E-state index is 0.608. The fourth-order valence-electron chi connectivity index (χ4n) is 1.99. The molecule has 0 bridgehead atoms. The molecule has 2 rings (SSSR count). The van der Waals surface area contributed by atoms with E-state index in [0.29, 0.717) is 13.2 Å². The lowest BCUT2D eigenvalue weighted by Gasteiger charge is -2.10. The Morgan fingerprint density at radius 1 is 1.00 bits per heavy atom. The van der Waals surface area contributed by atoms with Gasteiger partial charge in [-0.25, -0.2) is 0 Å². The average Bonchev–Trinajstić information content (AvgIpc) is 2.42. The van der Waals surface area contributed by atoms with Crippen LogP contribution in [0.15, 0.2) is 30.3 Å². The maximum Gasteiger partial charge on any atom is 0.0728 e. The minimum Gasteiger partial charge on any atom is -0.377 e. The first-order valence-electron chi connectivity index (χ1n) is 6.43. The van der Waals surface area contributed by atoms with E-state index in [9.17, 15) is 0 Å². The molecule has 2 aromatic rings. The van der Waals surface area contributed by atoms with Crippen LogP contribution in [-0.4, -0.2) is 13.2 Å². The largest absolute Gasteiger partial charge is 0.377 e. The molecule has 0 aromatic heterocycles. The van der Waals surface area contributed by atoms with Crippen molar-refractivity contribution in [3.63, 3.8) is 0 Å². The molecule has 0 saturated heterocycles. The highest BCUT2D eigenvalue weighted by molar-refractivity contribution is 5.86. The van der Waals surface area contributed by atoms with Gasteiger partial charge in [0.25, 0.3) is 0 Å². The topological polar surface area (TPSA) is 18.5 Å². The third-order valence-corrected chi connectivity index (χ3v) is 2.84. The zero-order valence-corrected chi connectivity index (χ0v) is 11.0. The van der Waals surface area contributed by atoms with E-state index in [1.165, 1.54) is 10.8 Å². The van der Waals surface area contributed by atoms with Gasteiger partial charge in [0.15, 0.2) is 0 Å². The zero-order valence-electron chi connectivity index (χ0n) is 11.0. The fourth-order valence-corrected chi connectivity index (χ4v) is 1.99. The molecule has 0 amide bonds. The Balaban J connectivity index is 2.36. The number of hydrogen-bond acceptors (Lipinski definition) is 2. The van der Waals surface area contributed by atoms with Gasteiger partial charge in [-0.3, -0.25) is 0 Å². The fraction of sp³-hybridized carbons (Fsp3) is 0.375. The predicted octanol–water partition coefficient (Wildman–Crippen LogP) is 3.71. The summed E-state index contributed by atoms with van der Waals surface area (Å²) in [7, 11) is 0. The first kappa shape index (κ1) is 13.1. The summed E-state index contributed by atoms with van der Waals surface area (Å²) in [5, 5.41) is 2.44. The summed E-state index contributed by atoms with van der Waals surface area (Å²) in [5.74, 6) is 0. The smallest absolute Gasteiger partial charge is 0.0728 e. The van der Waals surface area contributed by atoms with Crippen molar-refractivity contribution in [2.24, 2.45) is 0 Å². The van der Waals surface area contributed by atoms with E-state index >= 15 is 0 Å². The number of hydrogen-bond donors (Lipinski definition) is 0. The molecule has 2 aromatic carbocycles. The van der Waals surface area contributed by atoms with Gasteiger partial charge >= 0.3 is 0 Å². The van der Waals surface area contributed by atoms with E-state index in [1.807, 2.05) is 19.9 Å². The predicted molar refractivity (Wildman–Crippen MR) is 73.4 cm³/mol. The number of fused-ring (bicyclic) bond motifs is 1. The van der Waals surface area contributed by atoms with Crippen LogP contribution in [-0.2, 0) is 22.7 Å². The minimum absolute atomic E-state index is 0.608. The molecule has 95 valence electrons. The molecule has 0 aliphatic rings. The van der Waals surface area contributed by atoms with E-state index in [0.717, 1.165) is 24.3 Å². The van der Waals surface area contributed by atoms with E-state index in [4.69, 9.17) is 9.47 Å². The number of ether oxygens (including phenoxy) is 2. The lowest BCUT2D eigenvalue weighted by molar-refractivity contribution is 0.130. The molecule has 0 atom stereocenters. The number of rotatable bonds is 6. The van der Waals surface area contributed by atoms with Gasteiger partial charge in [-0.2, -0.15) is 0 Å². The maximum atomic E-state index is 5.52. The first-order valence-corrected chi connectivity index (χ1v) is 6.43. The molecule has 1 radical (unpaired) electrons. The molecule has 0 saturated carbocycles. The SMILES string of the molecule is CCOCc1[c]c(COCC)c2ccccc2c1. The second-order valence-electron chi connectivity index (χ2n) is 4.13. The van der Waals surface area contributed by atoms with Gasteiger partial charge in [-0.05, 0) is 47.9 Å². The Bertz CT molecular complexity index is 505. The Labute approximate surface area is 109 Å². The summed E-state index contributed by atoms with van der Waals surface area (Å²) in [6.07, 6.45) is 0. The Morgan fingerprint density at radius 2 is 1.72 bits per heavy atom. The van der Waals surface area contributed by atoms with E-state index < -0.39 is 0 Å². The molecular formula is C16H19O2. The van der Waals surface area contributed by atoms with Crippen LogP contribution in [0, 0.1) is 6.07 Å². The van der Waals surface area contributed by atoms with Crippen LogP contribution < -0.4 is 0 Å². The quantitative estimate of drug-likeness (QED) is 0.770. The third kappa shape index (κ3) is 3.09. The molecule has 0 unspecified atom stereocenters. The van der Waals surface area contributed by atoms with Gasteiger partial charge in [-0.1, -0.05) is 24.3 Å². The van der Waals surface area contributed by atoms with Gasteiger partial charge in [0, 0.05) is 13.2 Å². The molecule has 0 spiro atoms. The normalized spacial score (nSPS) is 11.0. The standard InChI is InChI=1S/C16H19O2/c1-3-17-11-13-9-14-7-5-6-8-16(14)15(10-13)12-18-4-2/h5-9H,3-4,11-12H2,1-2H3. The molecule has 2 heteroatoms. The second kappa shape index (κ2) is 6.53. The van der Waals surface area contributed by atoms with E-state index in [2.05, 4.69) is 30.3 Å². The summed E-state index contributed by atoms with van der Waals surface area (Å²) in [6, 6.07) is 13.9. The average molecular weight is 243 g/mol. The Kier molecular flexibility index (Phi) is 4.73. The maximum absolute atomic E-state index is 5.52. The van der Waals surface area contributed by atoms with Crippen molar-refractivity contribution in [1.29, 1.82) is 0 Å². The van der Waals surface area contributed by atoms with Crippen molar-refractivity contribution in [3.05, 3.63) is 47.5 Å². The lowest BCUT2D eigenvalue weighted by atomic mass is 10.0. The van der Waals surface area contributed by atoms with Crippen molar-refractivity contribution in [2.45, 2.75) is 27.1 Å². The number of benzene rings is 2. The zero-order chi connectivity index (χ0) is 12.8. The molecule has 0 aliphatic heterocycles. The van der Waals surface area contributed by atoms with Crippen LogP contribution in [0.3, 0.4) is 0 Å². The summed E-state index contributed by atoms with van der Waals surface area (Å²) >= 11 is 0. The van der Waals surface area contributed by atoms with E-state index in [-0.39, 0.29) is 0 Å². The molecule has 0 heterocycles. The van der Waals surface area contributed by atoms with Gasteiger partial charge in [0.2, 0.25) is 0 Å². The van der Waals surface area contributed by atoms with Gasteiger partial charge in [0.05, 0.1) is 13.2 Å². The first-order chi connectivity index (χ1) is 8.85. The Hall–Kier alpha value is -1.38. The second-order valence-corrected chi connectivity index (χ2v) is 4.13. The third-order valence-electron chi connectivity index (χ3n) is 2.84. The van der Waals surface area contributed by atoms with Crippen LogP contribution in [0.4, 0.5) is 0 Å². The highest BCUT2D eigenvalue weighted by Crippen LogP contribution is 2.22. The summed E-state index contributed by atoms with van der Waals surface area (Å²) < 4.78 is 11.0. The van der Waals surface area contributed by atoms with Gasteiger partial charge in [0.1, 0.15) is 0 Å². The summed E-state index contributed by atoms with van der Waals surface area (Å²) in [4.78, 5) is 0. The lowest BCUT2D eigenvalue weighted by Crippen LogP contribution is -1.98. The van der Waals surface area contributed by atoms with Crippen molar-refractivity contribution in [3.8, 4) is 0 Å². The van der Waals surface area contributed by atoms with Crippen molar-refractivity contribution in [1.82, 2.24) is 0 Å². The van der Waals surface area contributed by atoms with Crippen molar-refractivity contribution >= 4 is 10.8 Å². The molecule has 18 heavy (non-hydrogen) atoms. The molecule has 0 aliphatic carbocycles. The van der Waals surface area contributed by atoms with Crippen LogP contribution in [0.5, 0.6) is 0 Å². The van der Waals surface area contributed by atoms with E-state index in [1.54, 1.807) is 0 Å². The highest BCUT2D eigenvalue weighted by atomic mass is 16.5. The monoisotopic (exact) mass is 243 g/mol. The van der Waals surface area contributed by atoms with Crippen LogP contribution in [0.25, 0.3) is 10.8 Å². The molecular weight excluding hydrogens is 224 g/mol. The highest BCUT2D eigenvalue weighted by Gasteiger charge is 2.05. The van der Waals surface area contributed by atoms with Gasteiger partial charge in [-0.15, -0.1) is 0 Å². The van der Waals surface area contributed by atoms with Crippen LogP contribution in [0.2, 0.25) is 0 Å². The molecule has 0 N–H and O–H groups in total. The van der Waals surface area contributed by atoms with Gasteiger partial charge < -0.3 is 9.47 Å². The summed E-state index contributed by atoms with van der Waals surface area (Å²) in [5.41, 5.74) is 2.20. The van der Waals surface area contributed by atoms with Crippen LogP contribution in [0.1, 0.15) is 25.0 Å². The van der Waals surface area contributed by atoms with Crippen LogP contribution >= 0.6 is 0 Å². The molecule has 2 nitrogen and oxygen atoms in total. The summed E-state index contributed by atoms with van der Waals surface area (Å²) in [6.45, 7) is 6.67. The Morgan fingerprint density at radius 3 is 2.50 bits per heavy atom. The van der Waals surface area contributed by atoms with Crippen molar-refractivity contribution < 1.29 is 9.47 Å².